The lowest BCUT2D eigenvalue weighted by Crippen LogP contribution is -2.19. The second-order valence-corrected chi connectivity index (χ2v) is 7.66. The molecule has 1 fully saturated rings. The highest BCUT2D eigenvalue weighted by Crippen LogP contribution is 2.40. The van der Waals surface area contributed by atoms with Crippen molar-refractivity contribution in [3.63, 3.8) is 0 Å². The largest absolute Gasteiger partial charge is 0.388 e. The van der Waals surface area contributed by atoms with Crippen LogP contribution >= 0.6 is 27.3 Å². The number of rotatable bonds is 2. The lowest BCUT2D eigenvalue weighted by Gasteiger charge is -2.29. The lowest BCUT2D eigenvalue weighted by atomic mass is 9.78. The Morgan fingerprint density at radius 3 is 2.50 bits per heavy atom. The third-order valence-electron chi connectivity index (χ3n) is 3.75. The third-order valence-corrected chi connectivity index (χ3v) is 5.32. The number of aliphatic hydroxyl groups is 1. The summed E-state index contributed by atoms with van der Waals surface area (Å²) in [5, 5.41) is 10.4. The van der Waals surface area contributed by atoms with Gasteiger partial charge in [0.05, 0.1) is 9.89 Å². The number of thiophene rings is 1. The summed E-state index contributed by atoms with van der Waals surface area (Å²) in [5.74, 6) is 1.31. The molecular weight excluding hydrogens is 284 g/mol. The SMILES string of the molecule is Cc1sc(Br)cc1C(O)C1CCC(C)CC1. The zero-order valence-corrected chi connectivity index (χ0v) is 12.3. The second-order valence-electron chi connectivity index (χ2n) is 5.03. The average molecular weight is 303 g/mol. The van der Waals surface area contributed by atoms with Gasteiger partial charge in [0.15, 0.2) is 0 Å². The van der Waals surface area contributed by atoms with Crippen molar-refractivity contribution in [2.24, 2.45) is 11.8 Å². The van der Waals surface area contributed by atoms with E-state index in [1.165, 1.54) is 30.6 Å². The van der Waals surface area contributed by atoms with E-state index >= 15 is 0 Å². The predicted octanol–water partition coefficient (Wildman–Crippen LogP) is 4.68. The predicted molar refractivity (Wildman–Crippen MR) is 72.8 cm³/mol. The van der Waals surface area contributed by atoms with Crippen LogP contribution in [0.25, 0.3) is 0 Å². The Morgan fingerprint density at radius 1 is 1.38 bits per heavy atom. The molecule has 1 aliphatic carbocycles. The molecule has 2 rings (SSSR count). The highest BCUT2D eigenvalue weighted by Gasteiger charge is 2.27. The molecule has 1 N–H and O–H groups in total. The second kappa shape index (κ2) is 5.19. The molecule has 0 radical (unpaired) electrons. The van der Waals surface area contributed by atoms with Gasteiger partial charge in [0.1, 0.15) is 0 Å². The van der Waals surface area contributed by atoms with Crippen LogP contribution in [0, 0.1) is 18.8 Å². The first-order valence-corrected chi connectivity index (χ1v) is 7.62. The Balaban J connectivity index is 2.07. The van der Waals surface area contributed by atoms with Crippen molar-refractivity contribution in [1.82, 2.24) is 0 Å². The molecule has 1 atom stereocenters. The molecule has 1 nitrogen and oxygen atoms in total. The van der Waals surface area contributed by atoms with Crippen molar-refractivity contribution in [3.8, 4) is 0 Å². The van der Waals surface area contributed by atoms with Gasteiger partial charge in [0.25, 0.3) is 0 Å². The Bertz CT molecular complexity index is 353. The fraction of sp³-hybridized carbons (Fsp3) is 0.692. The van der Waals surface area contributed by atoms with Crippen molar-refractivity contribution in [1.29, 1.82) is 0 Å². The molecule has 0 amide bonds. The smallest absolute Gasteiger partial charge is 0.0829 e. The summed E-state index contributed by atoms with van der Waals surface area (Å²) in [6.07, 6.45) is 4.64. The molecule has 1 unspecified atom stereocenters. The van der Waals surface area contributed by atoms with Gasteiger partial charge in [0.2, 0.25) is 0 Å². The van der Waals surface area contributed by atoms with Gasteiger partial charge in [-0.05, 0) is 59.2 Å². The van der Waals surface area contributed by atoms with E-state index in [1.807, 2.05) is 0 Å². The van der Waals surface area contributed by atoms with Gasteiger partial charge in [0, 0.05) is 4.88 Å². The Labute approximate surface area is 110 Å². The van der Waals surface area contributed by atoms with Crippen LogP contribution < -0.4 is 0 Å². The number of aryl methyl sites for hydroxylation is 1. The van der Waals surface area contributed by atoms with Gasteiger partial charge in [-0.1, -0.05) is 19.8 Å². The normalized spacial score (nSPS) is 28.0. The summed E-state index contributed by atoms with van der Waals surface area (Å²) in [6, 6.07) is 2.09. The van der Waals surface area contributed by atoms with E-state index in [0.717, 1.165) is 15.3 Å². The summed E-state index contributed by atoms with van der Waals surface area (Å²) in [6.45, 7) is 4.41. The van der Waals surface area contributed by atoms with Gasteiger partial charge in [-0.2, -0.15) is 0 Å². The Morgan fingerprint density at radius 2 is 2.00 bits per heavy atom. The first kappa shape index (κ1) is 12.6. The molecule has 0 bridgehead atoms. The van der Waals surface area contributed by atoms with Crippen LogP contribution in [0.1, 0.15) is 49.2 Å². The maximum Gasteiger partial charge on any atom is 0.0829 e. The number of hydrogen-bond acceptors (Lipinski definition) is 2. The van der Waals surface area contributed by atoms with E-state index in [1.54, 1.807) is 11.3 Å². The zero-order chi connectivity index (χ0) is 11.7. The molecule has 0 aromatic carbocycles. The average Bonchev–Trinajstić information content (AvgIpc) is 2.58. The molecule has 0 saturated heterocycles. The van der Waals surface area contributed by atoms with Crippen molar-refractivity contribution in [2.45, 2.75) is 45.6 Å². The lowest BCUT2D eigenvalue weighted by molar-refractivity contribution is 0.0754. The summed E-state index contributed by atoms with van der Waals surface area (Å²) >= 11 is 5.21. The van der Waals surface area contributed by atoms with Gasteiger partial charge < -0.3 is 5.11 Å². The van der Waals surface area contributed by atoms with Gasteiger partial charge in [-0.3, -0.25) is 0 Å². The van der Waals surface area contributed by atoms with Crippen LogP contribution in [0.15, 0.2) is 9.85 Å². The minimum atomic E-state index is -0.255. The van der Waals surface area contributed by atoms with E-state index < -0.39 is 0 Å². The van der Waals surface area contributed by atoms with Crippen molar-refractivity contribution in [2.75, 3.05) is 0 Å². The summed E-state index contributed by atoms with van der Waals surface area (Å²) in [5.41, 5.74) is 1.14. The quantitative estimate of drug-likeness (QED) is 0.841. The van der Waals surface area contributed by atoms with Crippen LogP contribution in [0.3, 0.4) is 0 Å². The standard InChI is InChI=1S/C13H19BrOS/c1-8-3-5-10(6-4-8)13(15)11-7-12(14)16-9(11)2/h7-8,10,13,15H,3-6H2,1-2H3. The Kier molecular flexibility index (Phi) is 4.09. The number of hydrogen-bond donors (Lipinski definition) is 1. The summed E-state index contributed by atoms with van der Waals surface area (Å²) in [7, 11) is 0. The monoisotopic (exact) mass is 302 g/mol. The van der Waals surface area contributed by atoms with Crippen LogP contribution in [-0.4, -0.2) is 5.11 Å². The van der Waals surface area contributed by atoms with Crippen molar-refractivity contribution < 1.29 is 5.11 Å². The van der Waals surface area contributed by atoms with E-state index in [-0.39, 0.29) is 6.10 Å². The van der Waals surface area contributed by atoms with Crippen molar-refractivity contribution >= 4 is 27.3 Å². The molecule has 0 aliphatic heterocycles. The topological polar surface area (TPSA) is 20.2 Å². The van der Waals surface area contributed by atoms with Crippen LogP contribution in [0.4, 0.5) is 0 Å². The van der Waals surface area contributed by atoms with E-state index in [0.29, 0.717) is 5.92 Å². The third kappa shape index (κ3) is 2.69. The highest BCUT2D eigenvalue weighted by molar-refractivity contribution is 9.11. The van der Waals surface area contributed by atoms with Crippen molar-refractivity contribution in [3.05, 3.63) is 20.3 Å². The summed E-state index contributed by atoms with van der Waals surface area (Å²) < 4.78 is 1.13. The molecule has 16 heavy (non-hydrogen) atoms. The molecule has 1 aliphatic rings. The summed E-state index contributed by atoms with van der Waals surface area (Å²) in [4.78, 5) is 1.25. The van der Waals surface area contributed by atoms with E-state index in [4.69, 9.17) is 0 Å². The first-order chi connectivity index (χ1) is 7.58. The fourth-order valence-corrected chi connectivity index (χ4v) is 4.36. The maximum atomic E-state index is 10.4. The fourth-order valence-electron chi connectivity index (χ4n) is 2.61. The van der Waals surface area contributed by atoms with E-state index in [2.05, 4.69) is 35.8 Å². The minimum absolute atomic E-state index is 0.255. The highest BCUT2D eigenvalue weighted by atomic mass is 79.9. The first-order valence-electron chi connectivity index (χ1n) is 6.02. The minimum Gasteiger partial charge on any atom is -0.388 e. The van der Waals surface area contributed by atoms with Crippen LogP contribution in [0.5, 0.6) is 0 Å². The number of aliphatic hydroxyl groups excluding tert-OH is 1. The number of halogens is 1. The molecule has 1 saturated carbocycles. The molecule has 3 heteroatoms. The Hall–Kier alpha value is 0.140. The van der Waals surface area contributed by atoms with Crippen LogP contribution in [0.2, 0.25) is 0 Å². The van der Waals surface area contributed by atoms with Crippen LogP contribution in [-0.2, 0) is 0 Å². The zero-order valence-electron chi connectivity index (χ0n) is 9.87. The molecule has 1 heterocycles. The molecule has 0 spiro atoms. The molecule has 1 aromatic rings. The van der Waals surface area contributed by atoms with Gasteiger partial charge in [-0.15, -0.1) is 11.3 Å². The van der Waals surface area contributed by atoms with Gasteiger partial charge in [-0.25, -0.2) is 0 Å². The van der Waals surface area contributed by atoms with Gasteiger partial charge >= 0.3 is 0 Å². The molecular formula is C13H19BrOS. The maximum absolute atomic E-state index is 10.4. The van der Waals surface area contributed by atoms with E-state index in [9.17, 15) is 5.11 Å². The molecule has 90 valence electrons. The molecule has 1 aromatic heterocycles.